The van der Waals surface area contributed by atoms with Gasteiger partial charge in [0.15, 0.2) is 0 Å². The van der Waals surface area contributed by atoms with Crippen molar-refractivity contribution in [2.24, 2.45) is 0 Å². The van der Waals surface area contributed by atoms with E-state index in [9.17, 15) is 4.79 Å². The zero-order valence-electron chi connectivity index (χ0n) is 15.4. The summed E-state index contributed by atoms with van der Waals surface area (Å²) < 4.78 is 0. The van der Waals surface area contributed by atoms with Gasteiger partial charge in [-0.2, -0.15) is 0 Å². The van der Waals surface area contributed by atoms with Gasteiger partial charge in [-0.15, -0.1) is 0 Å². The molecule has 0 radical (unpaired) electrons. The number of fused-ring (bicyclic) bond motifs is 1. The highest BCUT2D eigenvalue weighted by Crippen LogP contribution is 2.36. The highest BCUT2D eigenvalue weighted by atomic mass is 35.5. The van der Waals surface area contributed by atoms with Crippen molar-refractivity contribution < 1.29 is 4.79 Å². The fraction of sp³-hybridized carbons (Fsp3) is 0.381. The minimum absolute atomic E-state index is 0.0326. The molecule has 0 saturated heterocycles. The molecule has 0 saturated carbocycles. The van der Waals surface area contributed by atoms with Gasteiger partial charge in [0.1, 0.15) is 0 Å². The van der Waals surface area contributed by atoms with Crippen LogP contribution in [0.3, 0.4) is 0 Å². The van der Waals surface area contributed by atoms with Crippen molar-refractivity contribution >= 4 is 17.5 Å². The van der Waals surface area contributed by atoms with E-state index in [0.717, 1.165) is 24.0 Å². The molecule has 3 nitrogen and oxygen atoms in total. The van der Waals surface area contributed by atoms with Crippen molar-refractivity contribution in [3.05, 3.63) is 70.2 Å². The first-order valence-corrected chi connectivity index (χ1v) is 9.07. The quantitative estimate of drug-likeness (QED) is 0.868. The van der Waals surface area contributed by atoms with Crippen molar-refractivity contribution in [1.82, 2.24) is 10.2 Å². The van der Waals surface area contributed by atoms with E-state index in [1.54, 1.807) is 0 Å². The second-order valence-electron chi connectivity index (χ2n) is 6.80. The van der Waals surface area contributed by atoms with Crippen molar-refractivity contribution in [1.29, 1.82) is 0 Å². The summed E-state index contributed by atoms with van der Waals surface area (Å²) in [7, 11) is 6.00. The van der Waals surface area contributed by atoms with Crippen LogP contribution in [-0.4, -0.2) is 32.0 Å². The first kappa shape index (κ1) is 19.5. The molecule has 134 valence electrons. The smallest absolute Gasteiger partial charge is 0.228 e. The fourth-order valence-electron chi connectivity index (χ4n) is 3.05. The number of halogens is 1. The molecular formula is C21H27ClN2O. The van der Waals surface area contributed by atoms with Crippen LogP contribution in [0.25, 0.3) is 0 Å². The molecule has 0 bridgehead atoms. The Morgan fingerprint density at radius 2 is 1.56 bits per heavy atom. The highest BCUT2D eigenvalue weighted by molar-refractivity contribution is 6.30. The van der Waals surface area contributed by atoms with E-state index in [-0.39, 0.29) is 17.9 Å². The molecule has 2 atom stereocenters. The van der Waals surface area contributed by atoms with Crippen molar-refractivity contribution in [2.75, 3.05) is 21.1 Å². The third-order valence-corrected chi connectivity index (χ3v) is 4.32. The van der Waals surface area contributed by atoms with E-state index in [1.807, 2.05) is 62.4 Å². The summed E-state index contributed by atoms with van der Waals surface area (Å²) in [5, 5.41) is 3.87. The van der Waals surface area contributed by atoms with Crippen molar-refractivity contribution in [3.63, 3.8) is 0 Å². The lowest BCUT2D eigenvalue weighted by Crippen LogP contribution is -2.39. The van der Waals surface area contributed by atoms with E-state index in [4.69, 9.17) is 11.6 Å². The molecule has 0 aliphatic carbocycles. The first-order valence-electron chi connectivity index (χ1n) is 8.69. The molecule has 0 spiro atoms. The SMILES string of the molecule is CCCC1C(=O)NC(c2ccc(Cl)cc2)c2ccccc21.CN(C)C. The Hall–Kier alpha value is -1.84. The van der Waals surface area contributed by atoms with E-state index >= 15 is 0 Å². The third kappa shape index (κ3) is 5.07. The van der Waals surface area contributed by atoms with Crippen LogP contribution in [-0.2, 0) is 4.79 Å². The summed E-state index contributed by atoms with van der Waals surface area (Å²) in [6.45, 7) is 2.11. The lowest BCUT2D eigenvalue weighted by Gasteiger charge is -2.32. The molecule has 0 aromatic heterocycles. The van der Waals surface area contributed by atoms with Crippen LogP contribution in [0.1, 0.15) is 48.4 Å². The molecule has 4 heteroatoms. The Bertz CT molecular complexity index is 695. The summed E-state index contributed by atoms with van der Waals surface area (Å²) >= 11 is 5.96. The number of amides is 1. The topological polar surface area (TPSA) is 32.3 Å². The van der Waals surface area contributed by atoms with Gasteiger partial charge >= 0.3 is 0 Å². The van der Waals surface area contributed by atoms with Crippen LogP contribution in [0.2, 0.25) is 5.02 Å². The van der Waals surface area contributed by atoms with Crippen molar-refractivity contribution in [2.45, 2.75) is 31.7 Å². The maximum absolute atomic E-state index is 12.5. The minimum atomic E-state index is -0.0842. The molecule has 1 aliphatic heterocycles. The van der Waals surface area contributed by atoms with Crippen LogP contribution in [0, 0.1) is 0 Å². The molecule has 2 aromatic carbocycles. The molecule has 1 N–H and O–H groups in total. The lowest BCUT2D eigenvalue weighted by atomic mass is 9.81. The van der Waals surface area contributed by atoms with Gasteiger partial charge in [-0.25, -0.2) is 0 Å². The van der Waals surface area contributed by atoms with Crippen LogP contribution < -0.4 is 5.32 Å². The van der Waals surface area contributed by atoms with E-state index in [2.05, 4.69) is 24.4 Å². The number of nitrogens with zero attached hydrogens (tertiary/aromatic N) is 1. The summed E-state index contributed by atoms with van der Waals surface area (Å²) in [6, 6.07) is 15.8. The van der Waals surface area contributed by atoms with Gasteiger partial charge in [-0.1, -0.05) is 61.3 Å². The predicted molar refractivity (Wildman–Crippen MR) is 105 cm³/mol. The number of hydrogen-bond acceptors (Lipinski definition) is 2. The number of rotatable bonds is 3. The zero-order valence-corrected chi connectivity index (χ0v) is 16.2. The number of carbonyl (C=O) groups is 1. The zero-order chi connectivity index (χ0) is 18.4. The molecular weight excluding hydrogens is 332 g/mol. The monoisotopic (exact) mass is 358 g/mol. The van der Waals surface area contributed by atoms with Crippen LogP contribution in [0.5, 0.6) is 0 Å². The first-order chi connectivity index (χ1) is 11.9. The van der Waals surface area contributed by atoms with E-state index < -0.39 is 0 Å². The molecule has 2 unspecified atom stereocenters. The Labute approximate surface area is 156 Å². The highest BCUT2D eigenvalue weighted by Gasteiger charge is 2.32. The second kappa shape index (κ2) is 9.02. The third-order valence-electron chi connectivity index (χ3n) is 4.07. The summed E-state index contributed by atoms with van der Waals surface area (Å²) in [5.41, 5.74) is 3.41. The van der Waals surface area contributed by atoms with Gasteiger partial charge < -0.3 is 10.2 Å². The average Bonchev–Trinajstić information content (AvgIpc) is 2.57. The largest absolute Gasteiger partial charge is 0.345 e. The normalized spacial score (nSPS) is 18.9. The standard InChI is InChI=1S/C18H18ClNO.C3H9N/c1-2-5-16-14-6-3-4-7-15(14)17(20-18(16)21)12-8-10-13(19)11-9-12;1-4(2)3/h3-4,6-11,16-17H,2,5H2,1H3,(H,20,21);1-3H3. The molecule has 3 rings (SSSR count). The average molecular weight is 359 g/mol. The van der Waals surface area contributed by atoms with Crippen LogP contribution >= 0.6 is 11.6 Å². The minimum Gasteiger partial charge on any atom is -0.345 e. The van der Waals surface area contributed by atoms with E-state index in [1.165, 1.54) is 5.56 Å². The summed E-state index contributed by atoms with van der Waals surface area (Å²) in [6.07, 6.45) is 1.88. The number of hydrogen-bond donors (Lipinski definition) is 1. The maximum atomic E-state index is 12.5. The lowest BCUT2D eigenvalue weighted by molar-refractivity contribution is -0.123. The van der Waals surface area contributed by atoms with Gasteiger partial charge in [0, 0.05) is 5.02 Å². The summed E-state index contributed by atoms with van der Waals surface area (Å²) in [4.78, 5) is 14.5. The van der Waals surface area contributed by atoms with Gasteiger partial charge in [0.25, 0.3) is 0 Å². The van der Waals surface area contributed by atoms with Gasteiger partial charge in [0.2, 0.25) is 5.91 Å². The Kier molecular flexibility index (Phi) is 7.03. The van der Waals surface area contributed by atoms with Gasteiger partial charge in [0.05, 0.1) is 12.0 Å². The summed E-state index contributed by atoms with van der Waals surface area (Å²) in [5.74, 6) is 0.0882. The molecule has 1 amide bonds. The number of carbonyl (C=O) groups excluding carboxylic acids is 1. The predicted octanol–water partition coefficient (Wildman–Crippen LogP) is 4.62. The number of nitrogens with one attached hydrogen (secondary N) is 1. The molecule has 2 aromatic rings. The second-order valence-corrected chi connectivity index (χ2v) is 7.24. The molecule has 1 aliphatic rings. The molecule has 25 heavy (non-hydrogen) atoms. The van der Waals surface area contributed by atoms with Gasteiger partial charge in [-0.3, -0.25) is 4.79 Å². The Balaban J connectivity index is 0.000000511. The van der Waals surface area contributed by atoms with Crippen LogP contribution in [0.4, 0.5) is 0 Å². The molecule has 0 fully saturated rings. The van der Waals surface area contributed by atoms with E-state index in [0.29, 0.717) is 5.02 Å². The van der Waals surface area contributed by atoms with Gasteiger partial charge in [-0.05, 0) is 56.4 Å². The maximum Gasteiger partial charge on any atom is 0.228 e. The number of benzene rings is 2. The molecule has 1 heterocycles. The fourth-order valence-corrected chi connectivity index (χ4v) is 3.17. The Morgan fingerprint density at radius 1 is 1.00 bits per heavy atom. The van der Waals surface area contributed by atoms with Crippen LogP contribution in [0.15, 0.2) is 48.5 Å². The Morgan fingerprint density at radius 3 is 2.12 bits per heavy atom. The van der Waals surface area contributed by atoms with Crippen molar-refractivity contribution in [3.8, 4) is 0 Å².